The highest BCUT2D eigenvalue weighted by Gasteiger charge is 2.12. The summed E-state index contributed by atoms with van der Waals surface area (Å²) in [6.45, 7) is 4.65. The molecule has 0 amide bonds. The Hall–Kier alpha value is -2.21. The SMILES string of the molecule is CCc1cnc(Cn2c(C)nc3ccc(C(=O)O)cc32)s1. The number of aromatic carboxylic acids is 1. The van der Waals surface area contributed by atoms with E-state index in [-0.39, 0.29) is 5.56 Å². The number of hydrogen-bond donors (Lipinski definition) is 1. The summed E-state index contributed by atoms with van der Waals surface area (Å²) >= 11 is 1.68. The number of rotatable bonds is 4. The van der Waals surface area contributed by atoms with Crippen molar-refractivity contribution in [3.05, 3.63) is 45.7 Å². The predicted molar refractivity (Wildman–Crippen MR) is 82.0 cm³/mol. The fourth-order valence-electron chi connectivity index (χ4n) is 2.30. The smallest absolute Gasteiger partial charge is 0.335 e. The number of hydrogen-bond acceptors (Lipinski definition) is 4. The molecule has 0 atom stereocenters. The largest absolute Gasteiger partial charge is 0.478 e. The molecule has 0 fully saturated rings. The van der Waals surface area contributed by atoms with Gasteiger partial charge in [0.05, 0.1) is 23.1 Å². The van der Waals surface area contributed by atoms with Crippen LogP contribution in [0, 0.1) is 6.92 Å². The normalized spacial score (nSPS) is 11.1. The van der Waals surface area contributed by atoms with Gasteiger partial charge >= 0.3 is 5.97 Å². The lowest BCUT2D eigenvalue weighted by molar-refractivity contribution is 0.0697. The molecule has 0 aliphatic rings. The number of thiazole rings is 1. The van der Waals surface area contributed by atoms with Crippen molar-refractivity contribution in [2.45, 2.75) is 26.8 Å². The van der Waals surface area contributed by atoms with E-state index in [4.69, 9.17) is 5.11 Å². The van der Waals surface area contributed by atoms with E-state index in [0.717, 1.165) is 28.3 Å². The van der Waals surface area contributed by atoms with Crippen molar-refractivity contribution < 1.29 is 9.90 Å². The summed E-state index contributed by atoms with van der Waals surface area (Å²) in [6.07, 6.45) is 2.88. The van der Waals surface area contributed by atoms with Crippen molar-refractivity contribution in [3.8, 4) is 0 Å². The number of carboxylic acid groups (broad SMARTS) is 1. The lowest BCUT2D eigenvalue weighted by atomic mass is 10.2. The molecule has 0 aliphatic heterocycles. The number of carboxylic acids is 1. The molecule has 2 aromatic heterocycles. The van der Waals surface area contributed by atoms with Gasteiger partial charge in [-0.2, -0.15) is 0 Å². The van der Waals surface area contributed by atoms with Gasteiger partial charge in [0.15, 0.2) is 0 Å². The van der Waals surface area contributed by atoms with E-state index in [1.165, 1.54) is 4.88 Å². The lowest BCUT2D eigenvalue weighted by Gasteiger charge is -2.04. The Labute approximate surface area is 125 Å². The number of fused-ring (bicyclic) bond motifs is 1. The molecule has 0 aliphatic carbocycles. The van der Waals surface area contributed by atoms with Crippen molar-refractivity contribution in [1.82, 2.24) is 14.5 Å². The Balaban J connectivity index is 2.05. The van der Waals surface area contributed by atoms with Crippen LogP contribution in [-0.2, 0) is 13.0 Å². The third kappa shape index (κ3) is 2.54. The van der Waals surface area contributed by atoms with Crippen LogP contribution in [0.15, 0.2) is 24.4 Å². The van der Waals surface area contributed by atoms with Crippen LogP contribution in [0.3, 0.4) is 0 Å². The Morgan fingerprint density at radius 1 is 1.43 bits per heavy atom. The van der Waals surface area contributed by atoms with Gasteiger partial charge in [-0.05, 0) is 31.5 Å². The standard InChI is InChI=1S/C15H15N3O2S/c1-3-11-7-16-14(21-11)8-18-9(2)17-12-5-4-10(15(19)20)6-13(12)18/h4-7H,3,8H2,1-2H3,(H,19,20). The Bertz CT molecular complexity index is 820. The maximum absolute atomic E-state index is 11.1. The second-order valence-corrected chi connectivity index (χ2v) is 6.03. The molecule has 0 saturated heterocycles. The molecule has 0 bridgehead atoms. The second kappa shape index (κ2) is 5.29. The summed E-state index contributed by atoms with van der Waals surface area (Å²) in [5.74, 6) is -0.0643. The van der Waals surface area contributed by atoms with Gasteiger partial charge in [-0.15, -0.1) is 11.3 Å². The van der Waals surface area contributed by atoms with Gasteiger partial charge in [-0.1, -0.05) is 6.92 Å². The second-order valence-electron chi connectivity index (χ2n) is 4.83. The van der Waals surface area contributed by atoms with Crippen molar-refractivity contribution >= 4 is 28.3 Å². The van der Waals surface area contributed by atoms with Crippen molar-refractivity contribution in [2.24, 2.45) is 0 Å². The fraction of sp³-hybridized carbons (Fsp3) is 0.267. The third-order valence-electron chi connectivity index (χ3n) is 3.43. The zero-order chi connectivity index (χ0) is 15.0. The molecular weight excluding hydrogens is 286 g/mol. The predicted octanol–water partition coefficient (Wildman–Crippen LogP) is 3.11. The quantitative estimate of drug-likeness (QED) is 0.804. The van der Waals surface area contributed by atoms with Gasteiger partial charge in [0, 0.05) is 11.1 Å². The van der Waals surface area contributed by atoms with Crippen LogP contribution in [-0.4, -0.2) is 25.6 Å². The first kappa shape index (κ1) is 13.8. The van der Waals surface area contributed by atoms with E-state index in [1.54, 1.807) is 29.5 Å². The molecule has 0 saturated carbocycles. The van der Waals surface area contributed by atoms with E-state index in [9.17, 15) is 4.79 Å². The summed E-state index contributed by atoms with van der Waals surface area (Å²) in [4.78, 5) is 21.3. The number of imidazole rings is 1. The lowest BCUT2D eigenvalue weighted by Crippen LogP contribution is -2.02. The minimum atomic E-state index is -0.926. The van der Waals surface area contributed by atoms with Gasteiger partial charge in [0.2, 0.25) is 0 Å². The molecule has 6 heteroatoms. The molecular formula is C15H15N3O2S. The Kier molecular flexibility index (Phi) is 3.47. The molecule has 2 heterocycles. The van der Waals surface area contributed by atoms with E-state index in [1.807, 2.05) is 17.7 Å². The number of nitrogens with zero attached hydrogens (tertiary/aromatic N) is 3. The van der Waals surface area contributed by atoms with E-state index in [2.05, 4.69) is 16.9 Å². The Morgan fingerprint density at radius 3 is 2.90 bits per heavy atom. The molecule has 5 nitrogen and oxygen atoms in total. The monoisotopic (exact) mass is 301 g/mol. The van der Waals surface area contributed by atoms with Crippen molar-refractivity contribution in [2.75, 3.05) is 0 Å². The number of aryl methyl sites for hydroxylation is 2. The zero-order valence-electron chi connectivity index (χ0n) is 11.8. The van der Waals surface area contributed by atoms with Gasteiger partial charge in [-0.3, -0.25) is 0 Å². The number of benzene rings is 1. The molecule has 3 rings (SSSR count). The third-order valence-corrected chi connectivity index (χ3v) is 4.56. The first-order valence-electron chi connectivity index (χ1n) is 6.72. The Morgan fingerprint density at radius 2 is 2.24 bits per heavy atom. The van der Waals surface area contributed by atoms with Crippen LogP contribution in [0.4, 0.5) is 0 Å². The molecule has 0 spiro atoms. The summed E-state index contributed by atoms with van der Waals surface area (Å²) in [5.41, 5.74) is 1.92. The first-order chi connectivity index (χ1) is 10.1. The van der Waals surface area contributed by atoms with Gasteiger partial charge in [0.25, 0.3) is 0 Å². The first-order valence-corrected chi connectivity index (χ1v) is 7.54. The summed E-state index contributed by atoms with van der Waals surface area (Å²) in [5, 5.41) is 10.1. The molecule has 3 aromatic rings. The maximum atomic E-state index is 11.1. The average Bonchev–Trinajstić information content (AvgIpc) is 3.04. The van der Waals surface area contributed by atoms with Crippen LogP contribution in [0.1, 0.15) is 33.0 Å². The van der Waals surface area contributed by atoms with Gasteiger partial charge < -0.3 is 9.67 Å². The van der Waals surface area contributed by atoms with Crippen LogP contribution >= 0.6 is 11.3 Å². The van der Waals surface area contributed by atoms with Gasteiger partial charge in [0.1, 0.15) is 10.8 Å². The van der Waals surface area contributed by atoms with E-state index in [0.29, 0.717) is 6.54 Å². The molecule has 1 N–H and O–H groups in total. The molecule has 108 valence electrons. The minimum Gasteiger partial charge on any atom is -0.478 e. The summed E-state index contributed by atoms with van der Waals surface area (Å²) < 4.78 is 2.01. The molecule has 0 radical (unpaired) electrons. The zero-order valence-corrected chi connectivity index (χ0v) is 12.6. The molecule has 1 aromatic carbocycles. The fourth-order valence-corrected chi connectivity index (χ4v) is 3.15. The van der Waals surface area contributed by atoms with Crippen molar-refractivity contribution in [1.29, 1.82) is 0 Å². The maximum Gasteiger partial charge on any atom is 0.335 e. The average molecular weight is 301 g/mol. The highest BCUT2D eigenvalue weighted by Crippen LogP contribution is 2.21. The topological polar surface area (TPSA) is 68.0 Å². The van der Waals surface area contributed by atoms with Crippen LogP contribution < -0.4 is 0 Å². The number of aromatic nitrogens is 3. The van der Waals surface area contributed by atoms with Crippen LogP contribution in [0.2, 0.25) is 0 Å². The van der Waals surface area contributed by atoms with Crippen LogP contribution in [0.25, 0.3) is 11.0 Å². The van der Waals surface area contributed by atoms with E-state index >= 15 is 0 Å². The van der Waals surface area contributed by atoms with Crippen LogP contribution in [0.5, 0.6) is 0 Å². The summed E-state index contributed by atoms with van der Waals surface area (Å²) in [6, 6.07) is 5.01. The van der Waals surface area contributed by atoms with Crippen molar-refractivity contribution in [3.63, 3.8) is 0 Å². The number of carbonyl (C=O) groups is 1. The van der Waals surface area contributed by atoms with Gasteiger partial charge in [-0.25, -0.2) is 14.8 Å². The highest BCUT2D eigenvalue weighted by molar-refractivity contribution is 7.11. The minimum absolute atomic E-state index is 0.275. The highest BCUT2D eigenvalue weighted by atomic mass is 32.1. The summed E-state index contributed by atoms with van der Waals surface area (Å²) in [7, 11) is 0. The molecule has 21 heavy (non-hydrogen) atoms. The molecule has 0 unspecified atom stereocenters. The van der Waals surface area contributed by atoms with E-state index < -0.39 is 5.97 Å².